The molecule has 1 saturated carbocycles. The van der Waals surface area contributed by atoms with Crippen LogP contribution in [0, 0.1) is 11.7 Å². The number of carbonyl (C=O) groups excluding carboxylic acids is 1. The summed E-state index contributed by atoms with van der Waals surface area (Å²) >= 11 is 0. The van der Waals surface area contributed by atoms with E-state index in [1.165, 1.54) is 12.1 Å². The molecule has 20 heavy (non-hydrogen) atoms. The minimum Gasteiger partial charge on any atom is -0.398 e. The van der Waals surface area contributed by atoms with E-state index in [1.54, 1.807) is 0 Å². The summed E-state index contributed by atoms with van der Waals surface area (Å²) in [5, 5.41) is 12.6. The molecule has 0 heterocycles. The summed E-state index contributed by atoms with van der Waals surface area (Å²) < 4.78 is 13.0. The third-order valence-corrected chi connectivity index (χ3v) is 4.03. The summed E-state index contributed by atoms with van der Waals surface area (Å²) in [6.45, 7) is 2.02. The maximum atomic E-state index is 13.0. The third-order valence-electron chi connectivity index (χ3n) is 4.03. The van der Waals surface area contributed by atoms with Crippen molar-refractivity contribution < 1.29 is 14.3 Å². The SMILES string of the molecule is CC1CCCC(CO)(NC(=O)c2ccc(F)cc2N)C1. The molecule has 1 fully saturated rings. The van der Waals surface area contributed by atoms with Crippen LogP contribution in [0.15, 0.2) is 18.2 Å². The Labute approximate surface area is 118 Å². The highest BCUT2D eigenvalue weighted by Gasteiger charge is 2.36. The molecule has 2 unspecified atom stereocenters. The molecule has 1 aliphatic carbocycles. The summed E-state index contributed by atoms with van der Waals surface area (Å²) in [5.74, 6) is -0.366. The van der Waals surface area contributed by atoms with E-state index in [0.717, 1.165) is 31.7 Å². The molecule has 110 valence electrons. The number of carbonyl (C=O) groups is 1. The monoisotopic (exact) mass is 280 g/mol. The predicted molar refractivity (Wildman–Crippen MR) is 75.7 cm³/mol. The smallest absolute Gasteiger partial charge is 0.253 e. The third kappa shape index (κ3) is 3.10. The van der Waals surface area contributed by atoms with Crippen LogP contribution in [-0.2, 0) is 0 Å². The maximum absolute atomic E-state index is 13.0. The van der Waals surface area contributed by atoms with Crippen LogP contribution in [0.2, 0.25) is 0 Å². The summed E-state index contributed by atoms with van der Waals surface area (Å²) in [6.07, 6.45) is 3.58. The van der Waals surface area contributed by atoms with Crippen molar-refractivity contribution in [2.75, 3.05) is 12.3 Å². The van der Waals surface area contributed by atoms with E-state index in [4.69, 9.17) is 5.73 Å². The molecule has 0 aliphatic heterocycles. The van der Waals surface area contributed by atoms with Gasteiger partial charge in [-0.25, -0.2) is 4.39 Å². The highest BCUT2D eigenvalue weighted by molar-refractivity contribution is 5.99. The number of nitrogens with one attached hydrogen (secondary N) is 1. The van der Waals surface area contributed by atoms with Crippen LogP contribution in [0.3, 0.4) is 0 Å². The van der Waals surface area contributed by atoms with Gasteiger partial charge in [0.25, 0.3) is 5.91 Å². The molecule has 5 heteroatoms. The normalized spacial score (nSPS) is 26.2. The van der Waals surface area contributed by atoms with Crippen LogP contribution >= 0.6 is 0 Å². The van der Waals surface area contributed by atoms with Gasteiger partial charge in [0.05, 0.1) is 17.7 Å². The first-order valence-corrected chi connectivity index (χ1v) is 6.94. The number of hydrogen-bond acceptors (Lipinski definition) is 3. The van der Waals surface area contributed by atoms with Gasteiger partial charge in [-0.2, -0.15) is 0 Å². The summed E-state index contributed by atoms with van der Waals surface area (Å²) in [5.41, 5.74) is 5.45. The molecule has 1 aliphatic rings. The number of aliphatic hydroxyl groups is 1. The molecule has 1 aromatic rings. The van der Waals surface area contributed by atoms with Gasteiger partial charge in [-0.3, -0.25) is 4.79 Å². The first kappa shape index (κ1) is 14.8. The lowest BCUT2D eigenvalue weighted by Gasteiger charge is -2.39. The topological polar surface area (TPSA) is 75.3 Å². The Balaban J connectivity index is 2.16. The van der Waals surface area contributed by atoms with Crippen molar-refractivity contribution in [1.82, 2.24) is 5.32 Å². The number of benzene rings is 1. The standard InChI is InChI=1S/C15H21FN2O2/c1-10-3-2-6-15(8-10,9-19)18-14(20)12-5-4-11(16)7-13(12)17/h4-5,7,10,19H,2-3,6,8-9,17H2,1H3,(H,18,20). The summed E-state index contributed by atoms with van der Waals surface area (Å²) in [4.78, 5) is 12.3. The molecule has 1 amide bonds. The zero-order chi connectivity index (χ0) is 14.8. The van der Waals surface area contributed by atoms with E-state index in [9.17, 15) is 14.3 Å². The number of aliphatic hydroxyl groups excluding tert-OH is 1. The first-order chi connectivity index (χ1) is 9.46. The predicted octanol–water partition coefficient (Wildman–Crippen LogP) is 2.08. The van der Waals surface area contributed by atoms with Crippen LogP contribution in [0.25, 0.3) is 0 Å². The Morgan fingerprint density at radius 1 is 1.60 bits per heavy atom. The Kier molecular flexibility index (Phi) is 4.28. The van der Waals surface area contributed by atoms with Crippen molar-refractivity contribution in [3.63, 3.8) is 0 Å². The fraction of sp³-hybridized carbons (Fsp3) is 0.533. The number of anilines is 1. The first-order valence-electron chi connectivity index (χ1n) is 6.94. The van der Waals surface area contributed by atoms with Gasteiger partial charge in [0, 0.05) is 5.69 Å². The van der Waals surface area contributed by atoms with Crippen molar-refractivity contribution in [2.45, 2.75) is 38.1 Å². The van der Waals surface area contributed by atoms with Crippen LogP contribution < -0.4 is 11.1 Å². The molecule has 2 atom stereocenters. The minimum absolute atomic E-state index is 0.0931. The van der Waals surface area contributed by atoms with Gasteiger partial charge in [0.2, 0.25) is 0 Å². The maximum Gasteiger partial charge on any atom is 0.253 e. The zero-order valence-electron chi connectivity index (χ0n) is 11.7. The van der Waals surface area contributed by atoms with E-state index >= 15 is 0 Å². The molecule has 0 aromatic heterocycles. The summed E-state index contributed by atoms with van der Waals surface area (Å²) in [6, 6.07) is 3.71. The summed E-state index contributed by atoms with van der Waals surface area (Å²) in [7, 11) is 0. The second kappa shape index (κ2) is 5.79. The van der Waals surface area contributed by atoms with Crippen molar-refractivity contribution in [3.05, 3.63) is 29.6 Å². The van der Waals surface area contributed by atoms with Gasteiger partial charge < -0.3 is 16.2 Å². The van der Waals surface area contributed by atoms with Gasteiger partial charge in [-0.05, 0) is 37.0 Å². The molecular weight excluding hydrogens is 259 g/mol. The number of nitrogen functional groups attached to an aromatic ring is 1. The van der Waals surface area contributed by atoms with Crippen LogP contribution in [0.1, 0.15) is 43.0 Å². The van der Waals surface area contributed by atoms with Crippen LogP contribution in [0.4, 0.5) is 10.1 Å². The van der Waals surface area contributed by atoms with E-state index in [0.29, 0.717) is 5.92 Å². The fourth-order valence-electron chi connectivity index (χ4n) is 3.01. The molecule has 0 saturated heterocycles. The molecular formula is C15H21FN2O2. The Hall–Kier alpha value is -1.62. The second-order valence-corrected chi connectivity index (χ2v) is 5.83. The number of rotatable bonds is 3. The molecule has 1 aromatic carbocycles. The van der Waals surface area contributed by atoms with E-state index < -0.39 is 11.4 Å². The highest BCUT2D eigenvalue weighted by atomic mass is 19.1. The zero-order valence-corrected chi connectivity index (χ0v) is 11.7. The van der Waals surface area contributed by atoms with Crippen molar-refractivity contribution in [1.29, 1.82) is 0 Å². The minimum atomic E-state index is -0.588. The van der Waals surface area contributed by atoms with Crippen LogP contribution in [0.5, 0.6) is 0 Å². The van der Waals surface area contributed by atoms with Gasteiger partial charge in [-0.1, -0.05) is 19.8 Å². The van der Waals surface area contributed by atoms with Crippen molar-refractivity contribution in [3.8, 4) is 0 Å². The van der Waals surface area contributed by atoms with Gasteiger partial charge in [0.1, 0.15) is 5.82 Å². The van der Waals surface area contributed by atoms with E-state index in [2.05, 4.69) is 12.2 Å². The number of amides is 1. The number of hydrogen-bond donors (Lipinski definition) is 3. The molecule has 0 spiro atoms. The van der Waals surface area contributed by atoms with Gasteiger partial charge in [-0.15, -0.1) is 0 Å². The lowest BCUT2D eigenvalue weighted by molar-refractivity contribution is 0.0698. The molecule has 2 rings (SSSR count). The Bertz CT molecular complexity index is 507. The van der Waals surface area contributed by atoms with Crippen molar-refractivity contribution in [2.24, 2.45) is 5.92 Å². The number of halogens is 1. The quantitative estimate of drug-likeness (QED) is 0.742. The molecule has 0 radical (unpaired) electrons. The average Bonchev–Trinajstić information content (AvgIpc) is 2.38. The number of nitrogens with two attached hydrogens (primary N) is 1. The Morgan fingerprint density at radius 3 is 2.95 bits per heavy atom. The lowest BCUT2D eigenvalue weighted by atomic mass is 9.76. The lowest BCUT2D eigenvalue weighted by Crippen LogP contribution is -2.53. The largest absolute Gasteiger partial charge is 0.398 e. The molecule has 0 bridgehead atoms. The second-order valence-electron chi connectivity index (χ2n) is 5.83. The molecule has 4 N–H and O–H groups in total. The molecule has 4 nitrogen and oxygen atoms in total. The van der Waals surface area contributed by atoms with E-state index in [-0.39, 0.29) is 23.8 Å². The van der Waals surface area contributed by atoms with Crippen LogP contribution in [-0.4, -0.2) is 23.2 Å². The fourth-order valence-corrected chi connectivity index (χ4v) is 3.01. The van der Waals surface area contributed by atoms with Gasteiger partial charge >= 0.3 is 0 Å². The van der Waals surface area contributed by atoms with Gasteiger partial charge in [0.15, 0.2) is 0 Å². The van der Waals surface area contributed by atoms with Crippen molar-refractivity contribution >= 4 is 11.6 Å². The average molecular weight is 280 g/mol. The van der Waals surface area contributed by atoms with E-state index in [1.807, 2.05) is 0 Å². The highest BCUT2D eigenvalue weighted by Crippen LogP contribution is 2.32. The Morgan fingerprint density at radius 2 is 2.35 bits per heavy atom.